The molecule has 1 saturated heterocycles. The molecule has 6 nitrogen and oxygen atoms in total. The Hall–Kier alpha value is -1.88. The van der Waals surface area contributed by atoms with Crippen LogP contribution in [0.1, 0.15) is 54.9 Å². The lowest BCUT2D eigenvalue weighted by Crippen LogP contribution is -2.34. The van der Waals surface area contributed by atoms with E-state index in [0.717, 1.165) is 12.8 Å². The third kappa shape index (κ3) is 41.5. The minimum Gasteiger partial charge on any atom is -0.516 e. The second kappa shape index (κ2) is 38.6. The highest BCUT2D eigenvalue weighted by Crippen LogP contribution is 2.32. The fraction of sp³-hybridized carbons (Fsp3) is 0.633. The van der Waals surface area contributed by atoms with Gasteiger partial charge in [0.25, 0.3) is 0 Å². The summed E-state index contributed by atoms with van der Waals surface area (Å²) in [5.74, 6) is 0.582. The minimum atomic E-state index is 0.363. The number of nitrogens with zero attached hydrogens (tertiary/aromatic N) is 2. The molecule has 37 heavy (non-hydrogen) atoms. The second-order valence-electron chi connectivity index (χ2n) is 8.03. The molecule has 0 atom stereocenters. The highest BCUT2D eigenvalue weighted by molar-refractivity contribution is 7.56. The van der Waals surface area contributed by atoms with E-state index in [-0.39, 0.29) is 0 Å². The standard InChI is InChI=1S/C13H25N2P.C10H17NO.C3H8N2.2C2H6/c1-13(5-3-4-7-14)6-8-15-9-11-16(2)12-10-15;1-10(2)6-8-11-7-4-3-5-9-12;1-4-3-5-2;2*1-2/h3-5H,6-12,14H2,1-2H3;3-6,8-12H,7H2,1-2H3;3H,1-2H3,(H,4,5);2*1-2H3/b4-3-,13-5+;4-3+,8-6+,9-5-;;;. The van der Waals surface area contributed by atoms with Crippen molar-refractivity contribution in [3.63, 3.8) is 0 Å². The molecule has 0 spiro atoms. The molecule has 5 N–H and O–H groups in total. The maximum atomic E-state index is 8.28. The summed E-state index contributed by atoms with van der Waals surface area (Å²) in [7, 11) is 3.89. The summed E-state index contributed by atoms with van der Waals surface area (Å²) in [6.07, 6.45) is 22.3. The van der Waals surface area contributed by atoms with E-state index in [1.165, 1.54) is 44.0 Å². The molecule has 0 aliphatic carbocycles. The molecule has 1 aliphatic heterocycles. The van der Waals surface area contributed by atoms with E-state index in [2.05, 4.69) is 66.2 Å². The Morgan fingerprint density at radius 3 is 2.16 bits per heavy atom. The number of nitrogens with two attached hydrogens (primary N) is 1. The second-order valence-corrected chi connectivity index (χ2v) is 10.6. The highest BCUT2D eigenvalue weighted by Gasteiger charge is 2.14. The molecule has 7 heteroatoms. The Morgan fingerprint density at radius 1 is 1.08 bits per heavy atom. The van der Waals surface area contributed by atoms with Crippen molar-refractivity contribution in [1.82, 2.24) is 15.5 Å². The number of aliphatic hydroxyl groups is 1. The average molecular weight is 540 g/mol. The van der Waals surface area contributed by atoms with Crippen molar-refractivity contribution in [3.8, 4) is 0 Å². The zero-order valence-electron chi connectivity index (χ0n) is 25.9. The summed E-state index contributed by atoms with van der Waals surface area (Å²) in [6, 6.07) is 0. The van der Waals surface area contributed by atoms with E-state index in [0.29, 0.717) is 20.4 Å². The highest BCUT2D eigenvalue weighted by atomic mass is 31.1. The van der Waals surface area contributed by atoms with Crippen molar-refractivity contribution in [1.29, 1.82) is 0 Å². The van der Waals surface area contributed by atoms with Crippen LogP contribution in [0, 0.1) is 5.92 Å². The summed E-state index contributed by atoms with van der Waals surface area (Å²) < 4.78 is 0. The first-order chi connectivity index (χ1) is 17.9. The number of nitrogens with one attached hydrogen (secondary N) is 2. The fourth-order valence-corrected chi connectivity index (χ4v) is 3.99. The van der Waals surface area contributed by atoms with Gasteiger partial charge in [-0.3, -0.25) is 4.99 Å². The topological polar surface area (TPSA) is 85.9 Å². The summed E-state index contributed by atoms with van der Waals surface area (Å²) in [6.45, 7) is 22.2. The molecule has 0 aromatic rings. The van der Waals surface area contributed by atoms with Gasteiger partial charge >= 0.3 is 0 Å². The minimum absolute atomic E-state index is 0.363. The molecule has 0 aromatic heterocycles. The Morgan fingerprint density at radius 2 is 1.70 bits per heavy atom. The summed E-state index contributed by atoms with van der Waals surface area (Å²) in [5, 5.41) is 14.1. The van der Waals surface area contributed by atoms with Crippen LogP contribution in [0.4, 0.5) is 0 Å². The zero-order valence-corrected chi connectivity index (χ0v) is 26.8. The van der Waals surface area contributed by atoms with Gasteiger partial charge in [-0.25, -0.2) is 0 Å². The van der Waals surface area contributed by atoms with E-state index >= 15 is 0 Å². The van der Waals surface area contributed by atoms with E-state index in [1.807, 2.05) is 53.1 Å². The van der Waals surface area contributed by atoms with Crippen LogP contribution in [-0.2, 0) is 0 Å². The molecule has 0 saturated carbocycles. The Bertz CT molecular complexity index is 591. The Labute approximate surface area is 232 Å². The van der Waals surface area contributed by atoms with Gasteiger partial charge in [0, 0.05) is 46.8 Å². The number of aliphatic hydroxyl groups excluding tert-OH is 1. The number of allylic oxidation sites excluding steroid dienone is 5. The number of hydrogen-bond donors (Lipinski definition) is 4. The first-order valence-corrected chi connectivity index (χ1v) is 15.9. The van der Waals surface area contributed by atoms with Gasteiger partial charge in [-0.15, -0.1) is 7.92 Å². The molecular formula is C30H62N5OP. The fourth-order valence-electron chi connectivity index (χ4n) is 2.52. The largest absolute Gasteiger partial charge is 0.516 e. The Kier molecular flexibility index (Phi) is 44.1. The number of rotatable bonds is 11. The van der Waals surface area contributed by atoms with Crippen LogP contribution >= 0.6 is 7.92 Å². The molecule has 0 radical (unpaired) electrons. The number of aliphatic imine (C=N–C) groups is 1. The van der Waals surface area contributed by atoms with Crippen molar-refractivity contribution in [2.75, 3.05) is 65.8 Å². The molecule has 0 amide bonds. The molecule has 1 fully saturated rings. The normalized spacial score (nSPS) is 14.6. The molecule has 1 aliphatic rings. The van der Waals surface area contributed by atoms with Crippen LogP contribution in [0.25, 0.3) is 0 Å². The molecule has 0 aromatic carbocycles. The van der Waals surface area contributed by atoms with Crippen LogP contribution in [0.5, 0.6) is 0 Å². The zero-order chi connectivity index (χ0) is 29.2. The maximum Gasteiger partial charge on any atom is 0.0817 e. The third-order valence-electron chi connectivity index (χ3n) is 4.50. The van der Waals surface area contributed by atoms with Crippen LogP contribution < -0.4 is 16.4 Å². The lowest BCUT2D eigenvalue weighted by Gasteiger charge is -2.30. The summed E-state index contributed by atoms with van der Waals surface area (Å²) in [4.78, 5) is 6.22. The van der Waals surface area contributed by atoms with Gasteiger partial charge in [-0.1, -0.05) is 83.6 Å². The van der Waals surface area contributed by atoms with Crippen LogP contribution in [-0.4, -0.2) is 82.2 Å². The van der Waals surface area contributed by atoms with Crippen molar-refractivity contribution in [2.45, 2.75) is 54.9 Å². The summed E-state index contributed by atoms with van der Waals surface area (Å²) >= 11 is 0. The van der Waals surface area contributed by atoms with Crippen LogP contribution in [0.2, 0.25) is 0 Å². The SMILES string of the molecule is C/C(=C\C=C/CN)CCN1CCP(C)CC1.CC.CC.CC(C)/C=C/NC/C=C/C=C\O.CN=CNC. The van der Waals surface area contributed by atoms with Crippen molar-refractivity contribution in [3.05, 3.63) is 60.6 Å². The van der Waals surface area contributed by atoms with Gasteiger partial charge in [0.05, 0.1) is 12.6 Å². The van der Waals surface area contributed by atoms with Gasteiger partial charge in [0.1, 0.15) is 0 Å². The van der Waals surface area contributed by atoms with Gasteiger partial charge < -0.3 is 26.4 Å². The predicted octanol–water partition coefficient (Wildman–Crippen LogP) is 6.55. The van der Waals surface area contributed by atoms with Gasteiger partial charge in [-0.05, 0) is 50.5 Å². The first kappa shape index (κ1) is 42.2. The molecule has 1 heterocycles. The Balaban J connectivity index is -0.000000228. The van der Waals surface area contributed by atoms with E-state index < -0.39 is 0 Å². The monoisotopic (exact) mass is 539 g/mol. The van der Waals surface area contributed by atoms with Crippen molar-refractivity contribution >= 4 is 14.3 Å². The maximum absolute atomic E-state index is 8.28. The molecule has 1 rings (SSSR count). The molecule has 218 valence electrons. The van der Waals surface area contributed by atoms with Gasteiger partial charge in [0.15, 0.2) is 0 Å². The average Bonchev–Trinajstić information content (AvgIpc) is 2.91. The van der Waals surface area contributed by atoms with Crippen LogP contribution in [0.15, 0.2) is 65.6 Å². The van der Waals surface area contributed by atoms with E-state index in [4.69, 9.17) is 10.8 Å². The van der Waals surface area contributed by atoms with Gasteiger partial charge in [0.2, 0.25) is 0 Å². The molecular weight excluding hydrogens is 477 g/mol. The van der Waals surface area contributed by atoms with Crippen molar-refractivity contribution < 1.29 is 5.11 Å². The van der Waals surface area contributed by atoms with E-state index in [1.54, 1.807) is 25.5 Å². The number of hydrogen-bond acceptors (Lipinski definition) is 5. The molecule has 0 bridgehead atoms. The third-order valence-corrected chi connectivity index (χ3v) is 6.42. The van der Waals surface area contributed by atoms with Gasteiger partial charge in [-0.2, -0.15) is 0 Å². The lowest BCUT2D eigenvalue weighted by molar-refractivity contribution is 0.304. The predicted molar refractivity (Wildman–Crippen MR) is 175 cm³/mol. The van der Waals surface area contributed by atoms with Crippen LogP contribution in [0.3, 0.4) is 0 Å². The summed E-state index contributed by atoms with van der Waals surface area (Å²) in [5.41, 5.74) is 6.85. The lowest BCUT2D eigenvalue weighted by atomic mass is 10.2. The van der Waals surface area contributed by atoms with Crippen molar-refractivity contribution in [2.24, 2.45) is 16.6 Å². The molecule has 0 unspecified atom stereocenters. The quantitative estimate of drug-likeness (QED) is 0.0597. The first-order valence-electron chi connectivity index (χ1n) is 13.8. The van der Waals surface area contributed by atoms with E-state index in [9.17, 15) is 0 Å². The smallest absolute Gasteiger partial charge is 0.0817 e.